The monoisotopic (exact) mass is 420 g/mol. The zero-order valence-corrected chi connectivity index (χ0v) is 17.6. The lowest BCUT2D eigenvalue weighted by Gasteiger charge is -2.14. The number of aryl methyl sites for hydroxylation is 1. The lowest BCUT2D eigenvalue weighted by atomic mass is 10.1. The fourth-order valence-corrected chi connectivity index (χ4v) is 4.30. The molecule has 6 nitrogen and oxygen atoms in total. The van der Waals surface area contributed by atoms with Crippen molar-refractivity contribution >= 4 is 40.9 Å². The Hall–Kier alpha value is -3.29. The molecule has 2 N–H and O–H groups in total. The number of hydrogen-bond donors (Lipinski definition) is 2. The molecule has 0 saturated carbocycles. The van der Waals surface area contributed by atoms with Gasteiger partial charge in [-0.2, -0.15) is 0 Å². The molecule has 0 aliphatic carbocycles. The molecule has 1 aromatic heterocycles. The number of methoxy groups -OCH3 is 1. The molecule has 152 valence electrons. The van der Waals surface area contributed by atoms with E-state index in [1.807, 2.05) is 54.6 Å². The summed E-state index contributed by atoms with van der Waals surface area (Å²) in [5.41, 5.74) is 3.56. The number of ether oxygens (including phenoxy) is 1. The van der Waals surface area contributed by atoms with Gasteiger partial charge in [0.15, 0.2) is 17.8 Å². The highest BCUT2D eigenvalue weighted by Gasteiger charge is 2.31. The summed E-state index contributed by atoms with van der Waals surface area (Å²) < 4.78 is 5.19. The fraction of sp³-hybridized carbons (Fsp3) is 0.174. The Kier molecular flexibility index (Phi) is 5.74. The number of carbonyl (C=O) groups excluding carboxylic acids is 2. The second-order valence-electron chi connectivity index (χ2n) is 6.94. The van der Waals surface area contributed by atoms with E-state index in [9.17, 15) is 9.59 Å². The Morgan fingerprint density at radius 2 is 1.87 bits per heavy atom. The van der Waals surface area contributed by atoms with Crippen LogP contribution in [0, 0.1) is 0 Å². The number of nitrogens with zero attached hydrogens (tertiary/aromatic N) is 1. The molecule has 1 aliphatic rings. The Morgan fingerprint density at radius 3 is 2.53 bits per heavy atom. The van der Waals surface area contributed by atoms with Crippen LogP contribution >= 0.6 is 11.3 Å². The van der Waals surface area contributed by atoms with Crippen molar-refractivity contribution in [1.82, 2.24) is 0 Å². The van der Waals surface area contributed by atoms with Crippen molar-refractivity contribution in [3.8, 4) is 16.2 Å². The number of thiophene rings is 1. The SMILES string of the molecule is CCc1ccc(NC(=O)C[NH+]2C=Nc3cc(-c4ccc(OC)cc4)sc3C2=O)cc1. The number of nitrogens with one attached hydrogen (secondary N) is 2. The van der Waals surface area contributed by atoms with Crippen LogP contribution in [0.3, 0.4) is 0 Å². The number of rotatable bonds is 6. The number of benzene rings is 2. The molecule has 0 spiro atoms. The molecule has 2 aromatic carbocycles. The van der Waals surface area contributed by atoms with Crippen LogP contribution in [0.25, 0.3) is 10.4 Å². The van der Waals surface area contributed by atoms with Gasteiger partial charge in [0, 0.05) is 10.6 Å². The number of amides is 2. The average Bonchev–Trinajstić information content (AvgIpc) is 3.21. The van der Waals surface area contributed by atoms with Gasteiger partial charge in [0.2, 0.25) is 0 Å². The molecule has 0 saturated heterocycles. The lowest BCUT2D eigenvalue weighted by molar-refractivity contribution is -0.694. The molecule has 0 fully saturated rings. The fourth-order valence-electron chi connectivity index (χ4n) is 3.22. The zero-order chi connectivity index (χ0) is 21.1. The van der Waals surface area contributed by atoms with Gasteiger partial charge in [0.1, 0.15) is 5.75 Å². The number of fused-ring (bicyclic) bond motifs is 1. The first-order chi connectivity index (χ1) is 14.6. The highest BCUT2D eigenvalue weighted by atomic mass is 32.1. The third kappa shape index (κ3) is 4.17. The summed E-state index contributed by atoms with van der Waals surface area (Å²) in [6.45, 7) is 2.07. The maximum Gasteiger partial charge on any atom is 0.362 e. The molecule has 0 radical (unpaired) electrons. The molecule has 2 amide bonds. The normalized spacial score (nSPS) is 15.0. The van der Waals surface area contributed by atoms with Crippen LogP contribution in [-0.2, 0) is 11.2 Å². The third-order valence-electron chi connectivity index (χ3n) is 4.94. The smallest absolute Gasteiger partial charge is 0.362 e. The largest absolute Gasteiger partial charge is 0.497 e. The Bertz CT molecular complexity index is 1100. The van der Waals surface area contributed by atoms with Crippen molar-refractivity contribution in [2.75, 3.05) is 19.0 Å². The van der Waals surface area contributed by atoms with Crippen molar-refractivity contribution in [3.63, 3.8) is 0 Å². The van der Waals surface area contributed by atoms with E-state index >= 15 is 0 Å². The van der Waals surface area contributed by atoms with Gasteiger partial charge in [-0.1, -0.05) is 19.1 Å². The van der Waals surface area contributed by atoms with Crippen LogP contribution in [0.2, 0.25) is 0 Å². The van der Waals surface area contributed by atoms with E-state index < -0.39 is 0 Å². The summed E-state index contributed by atoms with van der Waals surface area (Å²) in [7, 11) is 1.62. The van der Waals surface area contributed by atoms with Crippen LogP contribution in [0.1, 0.15) is 22.2 Å². The number of quaternary nitrogens is 1. The highest BCUT2D eigenvalue weighted by Crippen LogP contribution is 2.37. The predicted octanol–water partition coefficient (Wildman–Crippen LogP) is 3.32. The minimum absolute atomic E-state index is 0.00687. The van der Waals surface area contributed by atoms with E-state index in [4.69, 9.17) is 4.74 Å². The van der Waals surface area contributed by atoms with E-state index in [-0.39, 0.29) is 18.4 Å². The van der Waals surface area contributed by atoms with Gasteiger partial charge in [-0.15, -0.1) is 11.3 Å². The van der Waals surface area contributed by atoms with Crippen molar-refractivity contribution in [2.45, 2.75) is 13.3 Å². The predicted molar refractivity (Wildman–Crippen MR) is 119 cm³/mol. The van der Waals surface area contributed by atoms with Crippen LogP contribution in [0.15, 0.2) is 59.6 Å². The summed E-state index contributed by atoms with van der Waals surface area (Å²) in [6.07, 6.45) is 2.45. The quantitative estimate of drug-likeness (QED) is 0.643. The molecule has 3 aromatic rings. The van der Waals surface area contributed by atoms with Crippen molar-refractivity contribution in [3.05, 3.63) is 65.0 Å². The minimum Gasteiger partial charge on any atom is -0.497 e. The second kappa shape index (κ2) is 8.61. The topological polar surface area (TPSA) is 72.2 Å². The van der Waals surface area contributed by atoms with Gasteiger partial charge in [0.05, 0.1) is 12.8 Å². The lowest BCUT2D eigenvalue weighted by Crippen LogP contribution is -3.15. The summed E-state index contributed by atoms with van der Waals surface area (Å²) in [5, 5.41) is 2.84. The van der Waals surface area contributed by atoms with E-state index in [0.29, 0.717) is 15.5 Å². The standard InChI is InChI=1S/C23H21N3O3S/c1-3-15-4-8-17(9-5-15)25-21(27)13-26-14-24-19-12-20(30-22(19)23(26)28)16-6-10-18(29-2)11-7-16/h4-12,14H,3,13H2,1-2H3,(H,25,27)/p+1. The molecular weight excluding hydrogens is 398 g/mol. The Morgan fingerprint density at radius 1 is 1.13 bits per heavy atom. The Labute approximate surface area is 178 Å². The van der Waals surface area contributed by atoms with Crippen LogP contribution in [0.4, 0.5) is 11.4 Å². The van der Waals surface area contributed by atoms with E-state index in [1.54, 1.807) is 7.11 Å². The van der Waals surface area contributed by atoms with Crippen molar-refractivity contribution < 1.29 is 19.2 Å². The summed E-state index contributed by atoms with van der Waals surface area (Å²) in [5.74, 6) is 0.408. The van der Waals surface area contributed by atoms with Crippen LogP contribution in [0.5, 0.6) is 5.75 Å². The first-order valence-corrected chi connectivity index (χ1v) is 10.5. The zero-order valence-electron chi connectivity index (χ0n) is 16.8. The highest BCUT2D eigenvalue weighted by molar-refractivity contribution is 7.18. The molecule has 1 aliphatic heterocycles. The van der Waals surface area contributed by atoms with Crippen LogP contribution in [-0.4, -0.2) is 31.8 Å². The summed E-state index contributed by atoms with van der Waals surface area (Å²) in [6, 6.07) is 17.3. The van der Waals surface area contributed by atoms with Crippen LogP contribution < -0.4 is 15.0 Å². The first kappa shape index (κ1) is 20.0. The van der Waals surface area contributed by atoms with Gasteiger partial charge >= 0.3 is 5.91 Å². The van der Waals surface area contributed by atoms with E-state index in [2.05, 4.69) is 17.2 Å². The molecule has 0 bridgehead atoms. The van der Waals surface area contributed by atoms with Gasteiger partial charge in [0.25, 0.3) is 5.91 Å². The Balaban J connectivity index is 1.45. The van der Waals surface area contributed by atoms with E-state index in [0.717, 1.165) is 28.3 Å². The number of aliphatic imine (C=N–C) groups is 1. The minimum atomic E-state index is -0.232. The molecule has 1 atom stereocenters. The molecule has 7 heteroatoms. The first-order valence-electron chi connectivity index (χ1n) is 9.69. The molecule has 2 heterocycles. The molecule has 4 rings (SSSR count). The van der Waals surface area contributed by atoms with E-state index in [1.165, 1.54) is 23.2 Å². The van der Waals surface area contributed by atoms with Gasteiger partial charge < -0.3 is 10.1 Å². The third-order valence-corrected chi connectivity index (χ3v) is 6.11. The molecular formula is C23H22N3O3S+. The van der Waals surface area contributed by atoms with Gasteiger partial charge in [-0.25, -0.2) is 14.7 Å². The summed E-state index contributed by atoms with van der Waals surface area (Å²) >= 11 is 1.39. The number of hydrogen-bond acceptors (Lipinski definition) is 5. The van der Waals surface area contributed by atoms with Gasteiger partial charge in [-0.05, 0) is 60.0 Å². The maximum absolute atomic E-state index is 12.9. The van der Waals surface area contributed by atoms with Crippen molar-refractivity contribution in [2.24, 2.45) is 4.99 Å². The summed E-state index contributed by atoms with van der Waals surface area (Å²) in [4.78, 5) is 31.7. The molecule has 30 heavy (non-hydrogen) atoms. The average molecular weight is 421 g/mol. The van der Waals surface area contributed by atoms with Gasteiger partial charge in [-0.3, -0.25) is 4.79 Å². The second-order valence-corrected chi connectivity index (χ2v) is 7.99. The maximum atomic E-state index is 12.9. The number of anilines is 1. The number of carbonyl (C=O) groups is 2. The molecule has 1 unspecified atom stereocenters. The van der Waals surface area contributed by atoms with Crippen molar-refractivity contribution in [1.29, 1.82) is 0 Å².